The molecule has 0 spiro atoms. The molecule has 0 saturated carbocycles. The second-order valence-corrected chi connectivity index (χ2v) is 7.69. The van der Waals surface area contributed by atoms with Gasteiger partial charge in [-0.1, -0.05) is 28.1 Å². The fourth-order valence-electron chi connectivity index (χ4n) is 2.28. The number of carbonyl (C=O) groups is 2. The maximum Gasteiger partial charge on any atom is 0.270 e. The topological polar surface area (TPSA) is 59.1 Å². The lowest BCUT2D eigenvalue weighted by Gasteiger charge is -2.20. The number of carbonyl (C=O) groups excluding carboxylic acids is 2. The molecule has 0 aliphatic heterocycles. The van der Waals surface area contributed by atoms with Gasteiger partial charge in [0, 0.05) is 29.1 Å². The van der Waals surface area contributed by atoms with E-state index in [1.807, 2.05) is 45.0 Å². The van der Waals surface area contributed by atoms with Crippen LogP contribution < -0.4 is 5.32 Å². The first kappa shape index (κ1) is 18.3. The zero-order chi connectivity index (χ0) is 17.7. The molecular formula is C19H21BrN2O2. The molecule has 1 aromatic carbocycles. The highest BCUT2D eigenvalue weighted by Gasteiger charge is 2.17. The van der Waals surface area contributed by atoms with Crippen molar-refractivity contribution in [2.75, 3.05) is 0 Å². The zero-order valence-corrected chi connectivity index (χ0v) is 15.7. The monoisotopic (exact) mass is 388 g/mol. The van der Waals surface area contributed by atoms with Crippen LogP contribution in [0, 0.1) is 0 Å². The predicted octanol–water partition coefficient (Wildman–Crippen LogP) is 3.73. The molecule has 1 heterocycles. The van der Waals surface area contributed by atoms with E-state index >= 15 is 0 Å². The van der Waals surface area contributed by atoms with Crippen LogP contribution >= 0.6 is 15.9 Å². The number of hydrogen-bond donors (Lipinski definition) is 1. The van der Waals surface area contributed by atoms with Crippen molar-refractivity contribution in [2.45, 2.75) is 39.2 Å². The van der Waals surface area contributed by atoms with Crippen molar-refractivity contribution in [3.8, 4) is 0 Å². The predicted molar refractivity (Wildman–Crippen MR) is 98.0 cm³/mol. The summed E-state index contributed by atoms with van der Waals surface area (Å²) in [6.45, 7) is 5.74. The first-order valence-corrected chi connectivity index (χ1v) is 8.56. The molecule has 0 radical (unpaired) electrons. The van der Waals surface area contributed by atoms with Crippen molar-refractivity contribution < 1.29 is 9.59 Å². The lowest BCUT2D eigenvalue weighted by Crippen LogP contribution is -2.40. The number of rotatable bonds is 5. The number of hydrogen-bond acceptors (Lipinski definition) is 3. The molecule has 0 saturated heterocycles. The number of benzene rings is 1. The van der Waals surface area contributed by atoms with Crippen molar-refractivity contribution >= 4 is 27.6 Å². The number of ketones is 1. The maximum atomic E-state index is 12.3. The minimum absolute atomic E-state index is 0.0986. The van der Waals surface area contributed by atoms with E-state index in [0.29, 0.717) is 12.1 Å². The average molecular weight is 389 g/mol. The molecule has 0 aliphatic carbocycles. The number of amides is 1. The van der Waals surface area contributed by atoms with Crippen LogP contribution in [0.15, 0.2) is 47.1 Å². The summed E-state index contributed by atoms with van der Waals surface area (Å²) in [7, 11) is 0. The fourth-order valence-corrected chi connectivity index (χ4v) is 2.72. The second-order valence-electron chi connectivity index (χ2n) is 6.78. The van der Waals surface area contributed by atoms with Crippen LogP contribution in [-0.2, 0) is 17.6 Å². The third-order valence-electron chi connectivity index (χ3n) is 3.24. The molecule has 24 heavy (non-hydrogen) atoms. The minimum atomic E-state index is -0.328. The molecule has 1 amide bonds. The Labute approximate surface area is 150 Å². The molecule has 5 heteroatoms. The lowest BCUT2D eigenvalue weighted by molar-refractivity contribution is -0.117. The summed E-state index contributed by atoms with van der Waals surface area (Å²) in [6.07, 6.45) is 2.22. The average Bonchev–Trinajstić information content (AvgIpc) is 2.45. The van der Waals surface area contributed by atoms with Gasteiger partial charge in [0.25, 0.3) is 5.91 Å². The molecule has 0 unspecified atom stereocenters. The van der Waals surface area contributed by atoms with Gasteiger partial charge in [-0.15, -0.1) is 0 Å². The minimum Gasteiger partial charge on any atom is -0.346 e. The van der Waals surface area contributed by atoms with Gasteiger partial charge in [-0.3, -0.25) is 14.6 Å². The summed E-state index contributed by atoms with van der Waals surface area (Å²) in [6, 6.07) is 11.2. The molecule has 2 aromatic rings. The summed E-state index contributed by atoms with van der Waals surface area (Å²) in [4.78, 5) is 28.5. The smallest absolute Gasteiger partial charge is 0.270 e. The summed E-state index contributed by atoms with van der Waals surface area (Å²) >= 11 is 3.40. The molecular weight excluding hydrogens is 368 g/mol. The number of halogens is 1. The molecule has 1 aromatic heterocycles. The van der Waals surface area contributed by atoms with Crippen LogP contribution in [0.25, 0.3) is 0 Å². The van der Waals surface area contributed by atoms with Crippen LogP contribution in [0.4, 0.5) is 0 Å². The summed E-state index contributed by atoms with van der Waals surface area (Å²) < 4.78 is 0.956. The van der Waals surface area contributed by atoms with E-state index in [9.17, 15) is 9.59 Å². The number of pyridine rings is 1. The molecule has 126 valence electrons. The standard InChI is InChI=1S/C19H21BrN2O2/c1-19(2,3)22-18(24)17-12-14(7-8-21-17)11-16(23)10-13-5-4-6-15(20)9-13/h4-9,12H,10-11H2,1-3H3,(H,22,24). The normalized spacial score (nSPS) is 11.2. The van der Waals surface area contributed by atoms with Gasteiger partial charge >= 0.3 is 0 Å². The van der Waals surface area contributed by atoms with E-state index in [2.05, 4.69) is 26.2 Å². The molecule has 0 fully saturated rings. The Morgan fingerprint density at radius 2 is 1.75 bits per heavy atom. The number of aromatic nitrogens is 1. The third-order valence-corrected chi connectivity index (χ3v) is 3.73. The molecule has 2 rings (SSSR count). The van der Waals surface area contributed by atoms with E-state index in [1.54, 1.807) is 18.3 Å². The number of nitrogens with one attached hydrogen (secondary N) is 1. The Morgan fingerprint density at radius 3 is 2.38 bits per heavy atom. The van der Waals surface area contributed by atoms with E-state index in [4.69, 9.17) is 0 Å². The van der Waals surface area contributed by atoms with Gasteiger partial charge in [-0.05, 0) is 56.2 Å². The van der Waals surface area contributed by atoms with Gasteiger partial charge < -0.3 is 5.32 Å². The van der Waals surface area contributed by atoms with E-state index < -0.39 is 0 Å². The van der Waals surface area contributed by atoms with Gasteiger partial charge in [-0.2, -0.15) is 0 Å². The first-order valence-electron chi connectivity index (χ1n) is 7.76. The Morgan fingerprint density at radius 1 is 1.08 bits per heavy atom. The van der Waals surface area contributed by atoms with Crippen molar-refractivity contribution in [1.29, 1.82) is 0 Å². The number of Topliss-reactive ketones (excluding diaryl/α,β-unsaturated/α-hetero) is 1. The van der Waals surface area contributed by atoms with Crippen molar-refractivity contribution in [1.82, 2.24) is 10.3 Å². The van der Waals surface area contributed by atoms with Crippen LogP contribution in [-0.4, -0.2) is 22.2 Å². The lowest BCUT2D eigenvalue weighted by atomic mass is 10.0. The van der Waals surface area contributed by atoms with E-state index in [-0.39, 0.29) is 23.7 Å². The highest BCUT2D eigenvalue weighted by Crippen LogP contribution is 2.13. The van der Waals surface area contributed by atoms with Crippen LogP contribution in [0.1, 0.15) is 42.4 Å². The van der Waals surface area contributed by atoms with Crippen LogP contribution in [0.3, 0.4) is 0 Å². The molecule has 0 aliphatic rings. The summed E-state index contributed by atoms with van der Waals surface area (Å²) in [5.41, 5.74) is 1.77. The van der Waals surface area contributed by atoms with Gasteiger partial charge in [0.2, 0.25) is 0 Å². The second kappa shape index (κ2) is 7.71. The van der Waals surface area contributed by atoms with Crippen molar-refractivity contribution in [2.24, 2.45) is 0 Å². The largest absolute Gasteiger partial charge is 0.346 e. The molecule has 4 nitrogen and oxygen atoms in total. The Bertz CT molecular complexity index is 751. The summed E-state index contributed by atoms with van der Waals surface area (Å²) in [5.74, 6) is -0.134. The van der Waals surface area contributed by atoms with E-state index in [0.717, 1.165) is 15.6 Å². The van der Waals surface area contributed by atoms with Gasteiger partial charge in [-0.25, -0.2) is 0 Å². The Kier molecular flexibility index (Phi) is 5.89. The maximum absolute atomic E-state index is 12.3. The van der Waals surface area contributed by atoms with Crippen LogP contribution in [0.5, 0.6) is 0 Å². The highest BCUT2D eigenvalue weighted by molar-refractivity contribution is 9.10. The third kappa shape index (κ3) is 5.89. The first-order chi connectivity index (χ1) is 11.2. The van der Waals surface area contributed by atoms with Crippen molar-refractivity contribution in [3.63, 3.8) is 0 Å². The van der Waals surface area contributed by atoms with Crippen LogP contribution in [0.2, 0.25) is 0 Å². The Hall–Kier alpha value is -2.01. The number of nitrogens with zero attached hydrogens (tertiary/aromatic N) is 1. The summed E-state index contributed by atoms with van der Waals surface area (Å²) in [5, 5.41) is 2.87. The molecule has 1 N–H and O–H groups in total. The molecule has 0 atom stereocenters. The molecule has 0 bridgehead atoms. The highest BCUT2D eigenvalue weighted by atomic mass is 79.9. The van der Waals surface area contributed by atoms with Gasteiger partial charge in [0.1, 0.15) is 11.5 Å². The van der Waals surface area contributed by atoms with Crippen molar-refractivity contribution in [3.05, 3.63) is 63.9 Å². The Balaban J connectivity index is 2.03. The van der Waals surface area contributed by atoms with Gasteiger partial charge in [0.15, 0.2) is 0 Å². The fraction of sp³-hybridized carbons (Fsp3) is 0.316. The zero-order valence-electron chi connectivity index (χ0n) is 14.1. The SMILES string of the molecule is CC(C)(C)NC(=O)c1cc(CC(=O)Cc2cccc(Br)c2)ccn1. The van der Waals surface area contributed by atoms with Gasteiger partial charge in [0.05, 0.1) is 0 Å². The quantitative estimate of drug-likeness (QED) is 0.848. The van der Waals surface area contributed by atoms with E-state index in [1.165, 1.54) is 0 Å².